The molecule has 3 heterocycles. The number of pyridine rings is 1. The van der Waals surface area contributed by atoms with Crippen LogP contribution in [0.25, 0.3) is 0 Å². The second kappa shape index (κ2) is 11.6. The SMILES string of the molecule is CN(CCc1ccccc1)S(=O)(=O)c1ccc(N2CCC(C)(NCC(=O)N3CCC[C@H]3C#N)CC2)nc1. The lowest BCUT2D eigenvalue weighted by Gasteiger charge is -2.40. The standard InChI is InChI=1S/C27H36N6O3S/c1-27(30-21-26(34)33-15-6-9-23(33)19-28)13-17-32(18-14-27)25-11-10-24(20-29-25)37(35,36)31(2)16-12-22-7-4-3-5-8-22/h3-5,7-8,10-11,20,23,30H,6,9,12-18,21H2,1-2H3/t23-/m0/s1. The lowest BCUT2D eigenvalue weighted by Crippen LogP contribution is -2.54. The van der Waals surface area contributed by atoms with E-state index in [1.165, 1.54) is 10.5 Å². The van der Waals surface area contributed by atoms with Crippen molar-refractivity contribution in [2.45, 2.75) is 55.5 Å². The largest absolute Gasteiger partial charge is 0.356 e. The number of amides is 1. The van der Waals surface area contributed by atoms with Gasteiger partial charge in [-0.15, -0.1) is 0 Å². The highest BCUT2D eigenvalue weighted by Gasteiger charge is 2.33. The van der Waals surface area contributed by atoms with Crippen LogP contribution in [0.15, 0.2) is 53.6 Å². The van der Waals surface area contributed by atoms with E-state index in [1.54, 1.807) is 24.1 Å². The fraction of sp³-hybridized carbons (Fsp3) is 0.519. The zero-order valence-corrected chi connectivity index (χ0v) is 22.5. The molecule has 0 bridgehead atoms. The third-order valence-corrected chi connectivity index (χ3v) is 9.41. The van der Waals surface area contributed by atoms with Crippen molar-refractivity contribution in [2.75, 3.05) is 44.7 Å². The summed E-state index contributed by atoms with van der Waals surface area (Å²) in [5, 5.41) is 12.7. The zero-order chi connectivity index (χ0) is 26.5. The monoisotopic (exact) mass is 524 g/mol. The fourth-order valence-corrected chi connectivity index (χ4v) is 6.06. The van der Waals surface area contributed by atoms with E-state index in [0.717, 1.165) is 50.2 Å². The molecule has 9 nitrogen and oxygen atoms in total. The molecule has 10 heteroatoms. The van der Waals surface area contributed by atoms with Gasteiger partial charge in [-0.25, -0.2) is 17.7 Å². The summed E-state index contributed by atoms with van der Waals surface area (Å²) in [6.45, 7) is 4.90. The number of benzene rings is 1. The molecule has 1 aromatic heterocycles. The number of anilines is 1. The molecule has 2 fully saturated rings. The van der Waals surface area contributed by atoms with Crippen molar-refractivity contribution < 1.29 is 13.2 Å². The number of hydrogen-bond acceptors (Lipinski definition) is 7. The minimum Gasteiger partial charge on any atom is -0.356 e. The van der Waals surface area contributed by atoms with Gasteiger partial charge in [-0.05, 0) is 56.7 Å². The number of sulfonamides is 1. The normalized spacial score (nSPS) is 19.7. The number of nitrogens with one attached hydrogen (secondary N) is 1. The van der Waals surface area contributed by atoms with E-state index in [9.17, 15) is 18.5 Å². The number of nitrogens with zero attached hydrogens (tertiary/aromatic N) is 5. The summed E-state index contributed by atoms with van der Waals surface area (Å²) in [5.74, 6) is 0.734. The Kier molecular flexibility index (Phi) is 8.47. The molecule has 2 aliphatic rings. The van der Waals surface area contributed by atoms with Crippen LogP contribution in [0.2, 0.25) is 0 Å². The molecule has 0 spiro atoms. The molecule has 37 heavy (non-hydrogen) atoms. The van der Waals surface area contributed by atoms with Gasteiger partial charge >= 0.3 is 0 Å². The van der Waals surface area contributed by atoms with E-state index in [4.69, 9.17) is 0 Å². The molecular weight excluding hydrogens is 488 g/mol. The number of rotatable bonds is 9. The molecule has 0 saturated carbocycles. The smallest absolute Gasteiger partial charge is 0.244 e. The van der Waals surface area contributed by atoms with Crippen molar-refractivity contribution in [3.05, 3.63) is 54.2 Å². The highest BCUT2D eigenvalue weighted by atomic mass is 32.2. The van der Waals surface area contributed by atoms with E-state index in [1.807, 2.05) is 30.3 Å². The predicted octanol–water partition coefficient (Wildman–Crippen LogP) is 2.41. The van der Waals surface area contributed by atoms with Crippen LogP contribution in [-0.2, 0) is 21.2 Å². The van der Waals surface area contributed by atoms with Gasteiger partial charge in [0.05, 0.1) is 12.6 Å². The summed E-state index contributed by atoms with van der Waals surface area (Å²) in [4.78, 5) is 21.1. The number of hydrogen-bond donors (Lipinski definition) is 1. The van der Waals surface area contributed by atoms with Crippen molar-refractivity contribution in [3.63, 3.8) is 0 Å². The molecule has 2 aromatic rings. The van der Waals surface area contributed by atoms with Crippen molar-refractivity contribution in [3.8, 4) is 6.07 Å². The average Bonchev–Trinajstić information content (AvgIpc) is 3.41. The number of nitriles is 1. The van der Waals surface area contributed by atoms with Crippen LogP contribution in [0.1, 0.15) is 38.2 Å². The maximum Gasteiger partial charge on any atom is 0.244 e. The van der Waals surface area contributed by atoms with Gasteiger partial charge in [0.15, 0.2) is 0 Å². The van der Waals surface area contributed by atoms with Crippen LogP contribution in [0.3, 0.4) is 0 Å². The Morgan fingerprint density at radius 2 is 1.92 bits per heavy atom. The first-order valence-corrected chi connectivity index (χ1v) is 14.3. The molecule has 1 amide bonds. The Hall–Kier alpha value is -3.00. The van der Waals surface area contributed by atoms with E-state index in [-0.39, 0.29) is 28.9 Å². The number of likely N-dealkylation sites (tertiary alicyclic amines) is 1. The molecule has 4 rings (SSSR count). The maximum atomic E-state index is 13.0. The first-order valence-electron chi connectivity index (χ1n) is 12.9. The summed E-state index contributed by atoms with van der Waals surface area (Å²) in [6.07, 6.45) is 5.37. The van der Waals surface area contributed by atoms with E-state index < -0.39 is 10.0 Å². The molecule has 2 aliphatic heterocycles. The maximum absolute atomic E-state index is 13.0. The highest BCUT2D eigenvalue weighted by Crippen LogP contribution is 2.26. The van der Waals surface area contributed by atoms with Gasteiger partial charge in [0.25, 0.3) is 0 Å². The number of carbonyl (C=O) groups excluding carboxylic acids is 1. The van der Waals surface area contributed by atoms with Crippen LogP contribution < -0.4 is 10.2 Å². The first-order chi connectivity index (χ1) is 17.7. The molecule has 0 radical (unpaired) electrons. The zero-order valence-electron chi connectivity index (χ0n) is 21.6. The van der Waals surface area contributed by atoms with Gasteiger partial charge in [-0.1, -0.05) is 30.3 Å². The minimum atomic E-state index is -3.62. The van der Waals surface area contributed by atoms with Crippen molar-refractivity contribution in [1.29, 1.82) is 5.26 Å². The number of aromatic nitrogens is 1. The van der Waals surface area contributed by atoms with Crippen LogP contribution >= 0.6 is 0 Å². The fourth-order valence-electron chi connectivity index (χ4n) is 4.94. The molecule has 1 N–H and O–H groups in total. The lowest BCUT2D eigenvalue weighted by atomic mass is 9.89. The first kappa shape index (κ1) is 27.0. The Labute approximate surface area is 220 Å². The van der Waals surface area contributed by atoms with Gasteiger partial charge in [0.2, 0.25) is 15.9 Å². The Morgan fingerprint density at radius 1 is 1.19 bits per heavy atom. The van der Waals surface area contributed by atoms with E-state index in [2.05, 4.69) is 28.2 Å². The molecule has 198 valence electrons. The van der Waals surface area contributed by atoms with Gasteiger partial charge in [-0.3, -0.25) is 4.79 Å². The van der Waals surface area contributed by atoms with Crippen LogP contribution in [0.5, 0.6) is 0 Å². The second-order valence-electron chi connectivity index (χ2n) is 10.2. The van der Waals surface area contributed by atoms with Crippen molar-refractivity contribution in [2.24, 2.45) is 0 Å². The molecule has 0 unspecified atom stereocenters. The van der Waals surface area contributed by atoms with E-state index in [0.29, 0.717) is 19.5 Å². The lowest BCUT2D eigenvalue weighted by molar-refractivity contribution is -0.130. The van der Waals surface area contributed by atoms with Crippen LogP contribution in [-0.4, -0.2) is 79.9 Å². The summed E-state index contributed by atoms with van der Waals surface area (Å²) < 4.78 is 27.4. The van der Waals surface area contributed by atoms with E-state index >= 15 is 0 Å². The van der Waals surface area contributed by atoms with Gasteiger partial charge in [0.1, 0.15) is 16.8 Å². The van der Waals surface area contributed by atoms with Gasteiger partial charge in [-0.2, -0.15) is 5.26 Å². The Balaban J connectivity index is 1.28. The van der Waals surface area contributed by atoms with Crippen LogP contribution in [0.4, 0.5) is 5.82 Å². The predicted molar refractivity (Wildman–Crippen MR) is 142 cm³/mol. The van der Waals surface area contributed by atoms with Gasteiger partial charge < -0.3 is 15.1 Å². The minimum absolute atomic E-state index is 0.0140. The topological polar surface area (TPSA) is 110 Å². The molecule has 1 aromatic carbocycles. The third kappa shape index (κ3) is 6.47. The molecule has 2 saturated heterocycles. The van der Waals surface area contributed by atoms with Gasteiger partial charge in [0, 0.05) is 45.0 Å². The van der Waals surface area contributed by atoms with Crippen LogP contribution in [0, 0.1) is 11.3 Å². The average molecular weight is 525 g/mol. The number of piperidine rings is 1. The Bertz CT molecular complexity index is 1200. The Morgan fingerprint density at radius 3 is 2.57 bits per heavy atom. The summed E-state index contributed by atoms with van der Waals surface area (Å²) in [6, 6.07) is 15.1. The quantitative estimate of drug-likeness (QED) is 0.536. The highest BCUT2D eigenvalue weighted by molar-refractivity contribution is 7.89. The molecular formula is C27H36N6O3S. The number of carbonyl (C=O) groups is 1. The summed E-state index contributed by atoms with van der Waals surface area (Å²) in [5.41, 5.74) is 0.912. The summed E-state index contributed by atoms with van der Waals surface area (Å²) in [7, 11) is -2.02. The summed E-state index contributed by atoms with van der Waals surface area (Å²) >= 11 is 0. The third-order valence-electron chi connectivity index (χ3n) is 7.57. The van der Waals surface area contributed by atoms with Crippen molar-refractivity contribution >= 4 is 21.7 Å². The molecule has 1 atom stereocenters. The number of likely N-dealkylation sites (N-methyl/N-ethyl adjacent to an activating group) is 1. The molecule has 0 aliphatic carbocycles. The van der Waals surface area contributed by atoms with Crippen molar-refractivity contribution in [1.82, 2.24) is 19.5 Å². The second-order valence-corrected chi connectivity index (χ2v) is 12.2.